The van der Waals surface area contributed by atoms with Crippen molar-refractivity contribution < 1.29 is 14.3 Å². The number of halogens is 1. The van der Waals surface area contributed by atoms with Crippen molar-refractivity contribution in [2.24, 2.45) is 0 Å². The van der Waals surface area contributed by atoms with Gasteiger partial charge in [0.1, 0.15) is 17.7 Å². The summed E-state index contributed by atoms with van der Waals surface area (Å²) in [6.07, 6.45) is 1.24. The first-order chi connectivity index (χ1) is 12.1. The predicted octanol–water partition coefficient (Wildman–Crippen LogP) is 1.84. The van der Waals surface area contributed by atoms with Crippen molar-refractivity contribution in [1.29, 1.82) is 5.26 Å². The van der Waals surface area contributed by atoms with Crippen LogP contribution in [0.1, 0.15) is 23.6 Å². The number of pyridine rings is 1. The summed E-state index contributed by atoms with van der Waals surface area (Å²) in [6.45, 7) is 0.257. The molecule has 0 radical (unpaired) electrons. The van der Waals surface area contributed by atoms with Crippen molar-refractivity contribution in [1.82, 2.24) is 9.88 Å². The molecule has 0 unspecified atom stereocenters. The molecule has 6 nitrogen and oxygen atoms in total. The Morgan fingerprint density at radius 3 is 2.76 bits per heavy atom. The number of carbonyl (C=O) groups is 1. The average Bonchev–Trinajstić information content (AvgIpc) is 3.02. The van der Waals surface area contributed by atoms with Crippen LogP contribution in [0.25, 0.3) is 0 Å². The first kappa shape index (κ1) is 16.9. The number of nitrogens with zero attached hydrogens (tertiary/aromatic N) is 3. The fourth-order valence-electron chi connectivity index (χ4n) is 2.92. The van der Waals surface area contributed by atoms with Gasteiger partial charge in [-0.2, -0.15) is 5.26 Å². The number of β-amino-alcohol motifs (C(OH)–C–C–N with tert-alkyl or cyclic N) is 1. The van der Waals surface area contributed by atoms with Crippen LogP contribution < -0.4 is 5.32 Å². The van der Waals surface area contributed by atoms with Crippen molar-refractivity contribution in [2.45, 2.75) is 18.6 Å². The van der Waals surface area contributed by atoms with Gasteiger partial charge in [0.25, 0.3) is 0 Å². The Balaban J connectivity index is 1.66. The van der Waals surface area contributed by atoms with E-state index in [2.05, 4.69) is 10.3 Å². The lowest BCUT2D eigenvalue weighted by Crippen LogP contribution is -2.36. The monoisotopic (exact) mass is 340 g/mol. The zero-order chi connectivity index (χ0) is 17.8. The molecule has 1 aliphatic rings. The van der Waals surface area contributed by atoms with Gasteiger partial charge in [-0.3, -0.25) is 4.79 Å². The number of likely N-dealkylation sites (tertiary alicyclic amines) is 1. The van der Waals surface area contributed by atoms with Gasteiger partial charge in [-0.1, -0.05) is 12.1 Å². The number of hydrogen-bond acceptors (Lipinski definition) is 5. The van der Waals surface area contributed by atoms with Crippen LogP contribution in [-0.4, -0.2) is 40.1 Å². The highest BCUT2D eigenvalue weighted by molar-refractivity contribution is 5.81. The van der Waals surface area contributed by atoms with Crippen LogP contribution >= 0.6 is 0 Å². The van der Waals surface area contributed by atoms with E-state index in [0.717, 1.165) is 5.56 Å². The second-order valence-corrected chi connectivity index (χ2v) is 5.90. The summed E-state index contributed by atoms with van der Waals surface area (Å²) in [5.41, 5.74) is 1.23. The molecule has 0 spiro atoms. The molecule has 2 aromatic rings. The maximum atomic E-state index is 13.1. The van der Waals surface area contributed by atoms with Crippen molar-refractivity contribution in [3.8, 4) is 6.07 Å². The number of nitriles is 1. The van der Waals surface area contributed by atoms with Crippen LogP contribution in [-0.2, 0) is 4.79 Å². The van der Waals surface area contributed by atoms with Crippen LogP contribution in [0.4, 0.5) is 10.2 Å². The molecule has 2 heterocycles. The molecule has 0 saturated carbocycles. The average molecular weight is 340 g/mol. The van der Waals surface area contributed by atoms with Crippen LogP contribution in [0, 0.1) is 17.1 Å². The molecule has 1 aromatic carbocycles. The standard InChI is InChI=1S/C18H17FN4O2/c19-14-4-2-13(3-5-14)16-7-15(24)11-23(16)18(25)10-22-17-6-1-12(8-20)9-21-17/h1-6,9,15-16,24H,7,10-11H2,(H,21,22)/t15-,16-/m1/s1. The molecular formula is C18H17FN4O2. The third-order valence-corrected chi connectivity index (χ3v) is 4.17. The van der Waals surface area contributed by atoms with Crippen LogP contribution in [0.5, 0.6) is 0 Å². The molecule has 1 saturated heterocycles. The molecule has 1 aliphatic heterocycles. The number of anilines is 1. The predicted molar refractivity (Wildman–Crippen MR) is 88.9 cm³/mol. The molecule has 0 aliphatic carbocycles. The van der Waals surface area contributed by atoms with E-state index in [-0.39, 0.29) is 30.9 Å². The van der Waals surface area contributed by atoms with E-state index in [4.69, 9.17) is 5.26 Å². The Morgan fingerprint density at radius 1 is 1.36 bits per heavy atom. The number of rotatable bonds is 4. The molecule has 2 atom stereocenters. The SMILES string of the molecule is N#Cc1ccc(NCC(=O)N2C[C@H](O)C[C@@H]2c2ccc(F)cc2)nc1. The van der Waals surface area contributed by atoms with Crippen molar-refractivity contribution in [3.63, 3.8) is 0 Å². The molecule has 3 rings (SSSR count). The number of amides is 1. The van der Waals surface area contributed by atoms with Gasteiger partial charge in [0, 0.05) is 12.7 Å². The van der Waals surface area contributed by atoms with E-state index in [1.807, 2.05) is 6.07 Å². The summed E-state index contributed by atoms with van der Waals surface area (Å²) in [4.78, 5) is 18.2. The van der Waals surface area contributed by atoms with Crippen molar-refractivity contribution in [2.75, 3.05) is 18.4 Å². The van der Waals surface area contributed by atoms with Gasteiger partial charge in [0.05, 0.1) is 24.3 Å². The van der Waals surface area contributed by atoms with E-state index < -0.39 is 6.10 Å². The Morgan fingerprint density at radius 2 is 2.12 bits per heavy atom. The first-order valence-corrected chi connectivity index (χ1v) is 7.90. The summed E-state index contributed by atoms with van der Waals surface area (Å²) in [6, 6.07) is 10.9. The molecule has 0 bridgehead atoms. The number of aliphatic hydroxyl groups excluding tert-OH is 1. The molecule has 25 heavy (non-hydrogen) atoms. The molecule has 7 heteroatoms. The summed E-state index contributed by atoms with van der Waals surface area (Å²) >= 11 is 0. The van der Waals surface area contributed by atoms with Gasteiger partial charge in [-0.25, -0.2) is 9.37 Å². The number of aliphatic hydroxyl groups is 1. The molecule has 1 aromatic heterocycles. The molecule has 2 N–H and O–H groups in total. The van der Waals surface area contributed by atoms with Crippen LogP contribution in [0.2, 0.25) is 0 Å². The van der Waals surface area contributed by atoms with Crippen LogP contribution in [0.3, 0.4) is 0 Å². The number of carbonyl (C=O) groups excluding carboxylic acids is 1. The zero-order valence-electron chi connectivity index (χ0n) is 13.4. The molecule has 1 amide bonds. The van der Waals surface area contributed by atoms with Gasteiger partial charge >= 0.3 is 0 Å². The Hall–Kier alpha value is -2.98. The van der Waals surface area contributed by atoms with Crippen molar-refractivity contribution >= 4 is 11.7 Å². The lowest BCUT2D eigenvalue weighted by Gasteiger charge is -2.25. The van der Waals surface area contributed by atoms with E-state index in [1.165, 1.54) is 18.3 Å². The third-order valence-electron chi connectivity index (χ3n) is 4.17. The van der Waals surface area contributed by atoms with Gasteiger partial charge in [-0.05, 0) is 36.2 Å². The minimum absolute atomic E-state index is 0.0172. The summed E-state index contributed by atoms with van der Waals surface area (Å²) in [5.74, 6) is -0.0313. The summed E-state index contributed by atoms with van der Waals surface area (Å²) in [5, 5.41) is 21.6. The van der Waals surface area contributed by atoms with Crippen molar-refractivity contribution in [3.05, 3.63) is 59.5 Å². The normalized spacial score (nSPS) is 19.5. The maximum Gasteiger partial charge on any atom is 0.242 e. The number of hydrogen-bond donors (Lipinski definition) is 2. The van der Waals surface area contributed by atoms with Gasteiger partial charge in [-0.15, -0.1) is 0 Å². The van der Waals surface area contributed by atoms with Gasteiger partial charge in [0.2, 0.25) is 5.91 Å². The maximum absolute atomic E-state index is 13.1. The topological polar surface area (TPSA) is 89.2 Å². The highest BCUT2D eigenvalue weighted by Gasteiger charge is 2.35. The lowest BCUT2D eigenvalue weighted by molar-refractivity contribution is -0.130. The van der Waals surface area contributed by atoms with Gasteiger partial charge in [0.15, 0.2) is 0 Å². The number of nitrogens with one attached hydrogen (secondary N) is 1. The second-order valence-electron chi connectivity index (χ2n) is 5.90. The minimum Gasteiger partial charge on any atom is -0.391 e. The highest BCUT2D eigenvalue weighted by Crippen LogP contribution is 2.32. The molecular weight excluding hydrogens is 323 g/mol. The molecule has 1 fully saturated rings. The Labute approximate surface area is 144 Å². The number of aromatic nitrogens is 1. The zero-order valence-corrected chi connectivity index (χ0v) is 13.4. The lowest BCUT2D eigenvalue weighted by atomic mass is 10.0. The van der Waals surface area contributed by atoms with E-state index in [0.29, 0.717) is 17.8 Å². The third kappa shape index (κ3) is 3.92. The number of benzene rings is 1. The molecule has 128 valence electrons. The smallest absolute Gasteiger partial charge is 0.242 e. The fourth-order valence-corrected chi connectivity index (χ4v) is 2.92. The van der Waals surface area contributed by atoms with Crippen LogP contribution in [0.15, 0.2) is 42.6 Å². The Kier molecular flexibility index (Phi) is 4.91. The summed E-state index contributed by atoms with van der Waals surface area (Å²) in [7, 11) is 0. The largest absolute Gasteiger partial charge is 0.391 e. The minimum atomic E-state index is -0.605. The van der Waals surface area contributed by atoms with E-state index >= 15 is 0 Å². The highest BCUT2D eigenvalue weighted by atomic mass is 19.1. The summed E-state index contributed by atoms with van der Waals surface area (Å²) < 4.78 is 13.1. The van der Waals surface area contributed by atoms with E-state index in [1.54, 1.807) is 29.2 Å². The van der Waals surface area contributed by atoms with Gasteiger partial charge < -0.3 is 15.3 Å². The Bertz CT molecular complexity index is 786. The quantitative estimate of drug-likeness (QED) is 0.886. The first-order valence-electron chi connectivity index (χ1n) is 7.90. The fraction of sp³-hybridized carbons (Fsp3) is 0.278. The second kappa shape index (κ2) is 7.28. The van der Waals surface area contributed by atoms with E-state index in [9.17, 15) is 14.3 Å².